The molecule has 5 aromatic carbocycles. The fourth-order valence-electron chi connectivity index (χ4n) is 7.23. The largest absolute Gasteiger partial charge is 0.416 e. The molecule has 0 spiro atoms. The molecular weight excluding hydrogens is 1060 g/mol. The predicted octanol–water partition coefficient (Wildman–Crippen LogP) is 17.3. The lowest BCUT2D eigenvalue weighted by molar-refractivity contribution is -0.138. The van der Waals surface area contributed by atoms with Crippen LogP contribution in [-0.2, 0) is 24.7 Å². The predicted molar refractivity (Wildman–Crippen MR) is 236 cm³/mol. The van der Waals surface area contributed by atoms with Gasteiger partial charge in [-0.25, -0.2) is 19.9 Å². The molecule has 4 nitrogen and oxygen atoms in total. The van der Waals surface area contributed by atoms with Crippen molar-refractivity contribution in [1.29, 1.82) is 0 Å². The summed E-state index contributed by atoms with van der Waals surface area (Å²) in [5.41, 5.74) is -2.62. The highest BCUT2D eigenvalue weighted by Gasteiger charge is 2.35. The van der Waals surface area contributed by atoms with Gasteiger partial charge in [-0.05, 0) is 105 Å². The van der Waals surface area contributed by atoms with E-state index in [9.17, 15) is 52.7 Å². The molecular formula is C46H20Br2F12N4S2. The molecule has 0 aliphatic carbocycles. The van der Waals surface area contributed by atoms with Crippen molar-refractivity contribution in [1.82, 2.24) is 19.9 Å². The van der Waals surface area contributed by atoms with Gasteiger partial charge in [0.15, 0.2) is 0 Å². The second-order valence-corrected chi connectivity index (χ2v) is 19.4. The van der Waals surface area contributed by atoms with E-state index in [2.05, 4.69) is 31.9 Å². The average Bonchev–Trinajstić information content (AvgIpc) is 3.90. The van der Waals surface area contributed by atoms with Gasteiger partial charge in [0.25, 0.3) is 0 Å². The van der Waals surface area contributed by atoms with E-state index in [4.69, 9.17) is 19.9 Å². The van der Waals surface area contributed by atoms with E-state index in [1.54, 1.807) is 24.3 Å². The van der Waals surface area contributed by atoms with Crippen molar-refractivity contribution in [3.8, 4) is 65.9 Å². The highest BCUT2D eigenvalue weighted by atomic mass is 79.9. The van der Waals surface area contributed by atoms with Gasteiger partial charge in [0.1, 0.15) is 22.1 Å². The molecule has 0 atom stereocenters. The van der Waals surface area contributed by atoms with Gasteiger partial charge in [0.2, 0.25) is 0 Å². The smallest absolute Gasteiger partial charge is 0.243 e. The summed E-state index contributed by atoms with van der Waals surface area (Å²) in [5, 5.41) is 0. The van der Waals surface area contributed by atoms with Gasteiger partial charge in [-0.15, -0.1) is 22.7 Å². The molecule has 0 radical (unpaired) electrons. The summed E-state index contributed by atoms with van der Waals surface area (Å²) in [4.78, 5) is 21.3. The van der Waals surface area contributed by atoms with E-state index >= 15 is 0 Å². The molecule has 0 fully saturated rings. The van der Waals surface area contributed by atoms with Crippen LogP contribution in [0.25, 0.3) is 88.0 Å². The molecule has 0 unspecified atom stereocenters. The minimum absolute atomic E-state index is 0.0252. The summed E-state index contributed by atoms with van der Waals surface area (Å²) >= 11 is 9.39. The number of aromatic nitrogens is 4. The third-order valence-corrected chi connectivity index (χ3v) is 13.6. The Labute approximate surface area is 388 Å². The first-order valence-electron chi connectivity index (χ1n) is 18.9. The molecule has 0 amide bonds. The van der Waals surface area contributed by atoms with Crippen LogP contribution in [0.1, 0.15) is 22.3 Å². The highest BCUT2D eigenvalue weighted by molar-refractivity contribution is 9.11. The molecule has 66 heavy (non-hydrogen) atoms. The first-order valence-corrected chi connectivity index (χ1v) is 22.1. The Hall–Kier alpha value is -5.70. The van der Waals surface area contributed by atoms with Gasteiger partial charge < -0.3 is 0 Å². The first-order chi connectivity index (χ1) is 31.0. The van der Waals surface area contributed by atoms with Crippen LogP contribution < -0.4 is 0 Å². The lowest BCUT2D eigenvalue weighted by Crippen LogP contribution is -2.06. The topological polar surface area (TPSA) is 51.6 Å². The van der Waals surface area contributed by atoms with Crippen LogP contribution in [0.3, 0.4) is 0 Å². The van der Waals surface area contributed by atoms with Crippen LogP contribution in [-0.4, -0.2) is 19.9 Å². The van der Waals surface area contributed by atoms with Crippen molar-refractivity contribution in [3.05, 3.63) is 151 Å². The lowest BCUT2D eigenvalue weighted by atomic mass is 9.96. The maximum Gasteiger partial charge on any atom is 0.416 e. The van der Waals surface area contributed by atoms with Crippen molar-refractivity contribution < 1.29 is 52.7 Å². The van der Waals surface area contributed by atoms with Gasteiger partial charge in [0.05, 0.1) is 52.6 Å². The molecule has 9 rings (SSSR count). The van der Waals surface area contributed by atoms with Gasteiger partial charge in [-0.1, -0.05) is 48.5 Å². The number of benzene rings is 5. The number of thiophene rings is 2. The molecule has 0 aliphatic rings. The summed E-state index contributed by atoms with van der Waals surface area (Å²) in [7, 11) is 0. The molecule has 0 saturated heterocycles. The Morgan fingerprint density at radius 3 is 0.682 bits per heavy atom. The van der Waals surface area contributed by atoms with Crippen molar-refractivity contribution in [3.63, 3.8) is 0 Å². The van der Waals surface area contributed by atoms with E-state index < -0.39 is 47.0 Å². The molecule has 4 aromatic heterocycles. The fourth-order valence-corrected chi connectivity index (χ4v) is 10.1. The Morgan fingerprint density at radius 1 is 0.303 bits per heavy atom. The SMILES string of the molecule is FC(F)(F)c1ccc(-c2nc3c(-c4ccc(Br)s4)c4nc(-c5ccc(C(F)(F)F)cc5)c(-c5ccc(C(F)(F)F)cc5)nc4c(-c4ccc(Br)s4)c3nc2-c2ccc(C(F)(F)F)cc2)cc1. The number of hydrogen-bond acceptors (Lipinski definition) is 6. The number of fused-ring (bicyclic) bond motifs is 2. The second kappa shape index (κ2) is 16.6. The Balaban J connectivity index is 1.46. The number of nitrogens with zero attached hydrogens (tertiary/aromatic N) is 4. The molecule has 20 heteroatoms. The molecule has 4 heterocycles. The Kier molecular flexibility index (Phi) is 11.4. The third-order valence-electron chi connectivity index (χ3n) is 10.3. The molecule has 0 bridgehead atoms. The standard InChI is InChI=1S/C46H20Br2F12N4S2/c47-31-19-17-29(65-31)33-39-40(62-36(22-3-11-26(12-4-22)44(52,53)54)35(61-39)21-1-9-25(10-2-21)43(49,50)51)34(30-18-20-32(48)66-30)42-41(33)63-37(23-5-13-27(14-6-23)45(55,56)57)38(64-42)24-7-15-28(16-8-24)46(58,59)60/h1-20H. The van der Waals surface area contributed by atoms with Crippen molar-refractivity contribution in [2.75, 3.05) is 0 Å². The van der Waals surface area contributed by atoms with E-state index in [0.29, 0.717) is 17.3 Å². The van der Waals surface area contributed by atoms with Gasteiger partial charge in [-0.2, -0.15) is 52.7 Å². The highest BCUT2D eigenvalue weighted by Crippen LogP contribution is 2.49. The Morgan fingerprint density at radius 2 is 0.515 bits per heavy atom. The number of halogens is 14. The van der Waals surface area contributed by atoms with E-state index in [1.165, 1.54) is 22.7 Å². The van der Waals surface area contributed by atoms with Crippen LogP contribution in [0.5, 0.6) is 0 Å². The number of rotatable bonds is 6. The third kappa shape index (κ3) is 8.70. The lowest BCUT2D eigenvalue weighted by Gasteiger charge is -2.19. The van der Waals surface area contributed by atoms with E-state index in [1.807, 2.05) is 0 Å². The van der Waals surface area contributed by atoms with Gasteiger partial charge in [-0.3, -0.25) is 0 Å². The minimum Gasteiger partial charge on any atom is -0.243 e. The van der Waals surface area contributed by atoms with E-state index in [-0.39, 0.29) is 78.2 Å². The van der Waals surface area contributed by atoms with Crippen LogP contribution in [0.4, 0.5) is 52.7 Å². The monoisotopic (exact) mass is 1080 g/mol. The van der Waals surface area contributed by atoms with Crippen LogP contribution >= 0.6 is 54.5 Å². The average molecular weight is 1080 g/mol. The molecule has 0 aliphatic heterocycles. The van der Waals surface area contributed by atoms with Crippen molar-refractivity contribution >= 4 is 76.6 Å². The molecule has 9 aromatic rings. The first kappa shape index (κ1) is 45.5. The summed E-state index contributed by atoms with van der Waals surface area (Å²) in [6, 6.07) is 22.7. The van der Waals surface area contributed by atoms with Gasteiger partial charge >= 0.3 is 24.7 Å². The van der Waals surface area contributed by atoms with Crippen molar-refractivity contribution in [2.24, 2.45) is 0 Å². The normalized spacial score (nSPS) is 12.7. The molecule has 0 N–H and O–H groups in total. The molecule has 0 saturated carbocycles. The summed E-state index contributed by atoms with van der Waals surface area (Å²) in [5.74, 6) is 0. The summed E-state index contributed by atoms with van der Waals surface area (Å²) < 4.78 is 167. The zero-order valence-electron chi connectivity index (χ0n) is 32.4. The number of alkyl halides is 12. The zero-order chi connectivity index (χ0) is 47.1. The maximum atomic E-state index is 13.8. The number of hydrogen-bond donors (Lipinski definition) is 0. The van der Waals surface area contributed by atoms with Crippen LogP contribution in [0.2, 0.25) is 0 Å². The fraction of sp³-hybridized carbons (Fsp3) is 0.0870. The maximum absolute atomic E-state index is 13.8. The van der Waals surface area contributed by atoms with Crippen LogP contribution in [0.15, 0.2) is 129 Å². The van der Waals surface area contributed by atoms with Gasteiger partial charge in [0, 0.05) is 43.1 Å². The van der Waals surface area contributed by atoms with Crippen LogP contribution in [0, 0.1) is 0 Å². The molecule has 334 valence electrons. The van der Waals surface area contributed by atoms with E-state index in [0.717, 1.165) is 97.1 Å². The second-order valence-electron chi connectivity index (χ2n) is 14.5. The summed E-state index contributed by atoms with van der Waals surface area (Å²) in [6.45, 7) is 0. The minimum atomic E-state index is -4.71. The van der Waals surface area contributed by atoms with Crippen molar-refractivity contribution in [2.45, 2.75) is 24.7 Å². The quantitative estimate of drug-likeness (QED) is 0.123. The zero-order valence-corrected chi connectivity index (χ0v) is 37.2. The Bertz CT molecular complexity index is 2900. The summed E-state index contributed by atoms with van der Waals surface area (Å²) in [6.07, 6.45) is -18.9.